The second-order valence-electron chi connectivity index (χ2n) is 5.86. The van der Waals surface area contributed by atoms with Crippen LogP contribution in [0.5, 0.6) is 0 Å². The SMILES string of the molecule is CCOC(c1noc(-c2cccc(F)c2N)n1)C(C)(C)C. The van der Waals surface area contributed by atoms with E-state index in [1.165, 1.54) is 6.07 Å². The van der Waals surface area contributed by atoms with E-state index >= 15 is 0 Å². The number of benzene rings is 1. The summed E-state index contributed by atoms with van der Waals surface area (Å²) >= 11 is 0. The summed E-state index contributed by atoms with van der Waals surface area (Å²) in [4.78, 5) is 4.32. The quantitative estimate of drug-likeness (QED) is 0.872. The van der Waals surface area contributed by atoms with E-state index in [2.05, 4.69) is 10.1 Å². The lowest BCUT2D eigenvalue weighted by Gasteiger charge is -2.27. The molecule has 1 atom stereocenters. The zero-order valence-corrected chi connectivity index (χ0v) is 12.7. The first-order chi connectivity index (χ1) is 9.84. The van der Waals surface area contributed by atoms with Crippen LogP contribution in [0.2, 0.25) is 0 Å². The number of nitrogen functional groups attached to an aromatic ring is 1. The Kier molecular flexibility index (Phi) is 4.27. The predicted octanol–water partition coefficient (Wildman–Crippen LogP) is 3.58. The Morgan fingerprint density at radius 3 is 2.71 bits per heavy atom. The number of ether oxygens (including phenoxy) is 1. The molecule has 2 rings (SSSR count). The molecule has 114 valence electrons. The first kappa shape index (κ1) is 15.4. The van der Waals surface area contributed by atoms with Crippen LogP contribution in [0.1, 0.15) is 39.6 Å². The van der Waals surface area contributed by atoms with Gasteiger partial charge in [-0.25, -0.2) is 4.39 Å². The molecule has 0 radical (unpaired) electrons. The minimum Gasteiger partial charge on any atom is -0.396 e. The van der Waals surface area contributed by atoms with Gasteiger partial charge in [-0.1, -0.05) is 32.0 Å². The molecule has 2 N–H and O–H groups in total. The van der Waals surface area contributed by atoms with Gasteiger partial charge in [-0.2, -0.15) is 4.98 Å². The third-order valence-electron chi connectivity index (χ3n) is 3.08. The van der Waals surface area contributed by atoms with E-state index in [9.17, 15) is 4.39 Å². The Morgan fingerprint density at radius 1 is 1.38 bits per heavy atom. The normalized spacial score (nSPS) is 13.4. The third-order valence-corrected chi connectivity index (χ3v) is 3.08. The number of halogens is 1. The largest absolute Gasteiger partial charge is 0.396 e. The molecule has 0 aliphatic carbocycles. The summed E-state index contributed by atoms with van der Waals surface area (Å²) in [6, 6.07) is 4.48. The van der Waals surface area contributed by atoms with Crippen molar-refractivity contribution in [2.24, 2.45) is 5.41 Å². The molecular formula is C15H20FN3O2. The van der Waals surface area contributed by atoms with Crippen molar-refractivity contribution in [3.63, 3.8) is 0 Å². The van der Waals surface area contributed by atoms with E-state index in [0.29, 0.717) is 18.0 Å². The average Bonchev–Trinajstić information content (AvgIpc) is 2.87. The highest BCUT2D eigenvalue weighted by molar-refractivity contribution is 5.70. The number of hydrogen-bond donors (Lipinski definition) is 1. The fourth-order valence-corrected chi connectivity index (χ4v) is 2.05. The molecule has 0 saturated carbocycles. The summed E-state index contributed by atoms with van der Waals surface area (Å²) in [6.07, 6.45) is -0.310. The van der Waals surface area contributed by atoms with Gasteiger partial charge >= 0.3 is 0 Å². The molecule has 0 amide bonds. The summed E-state index contributed by atoms with van der Waals surface area (Å²) < 4.78 is 24.4. The number of anilines is 1. The van der Waals surface area contributed by atoms with Crippen molar-refractivity contribution in [2.45, 2.75) is 33.8 Å². The molecule has 0 saturated heterocycles. The highest BCUT2D eigenvalue weighted by Crippen LogP contribution is 2.36. The van der Waals surface area contributed by atoms with Gasteiger partial charge in [-0.15, -0.1) is 0 Å². The molecule has 1 aromatic heterocycles. The van der Waals surface area contributed by atoms with Crippen molar-refractivity contribution < 1.29 is 13.7 Å². The monoisotopic (exact) mass is 293 g/mol. The fourth-order valence-electron chi connectivity index (χ4n) is 2.05. The first-order valence-corrected chi connectivity index (χ1v) is 6.84. The molecular weight excluding hydrogens is 273 g/mol. The molecule has 2 aromatic rings. The highest BCUT2D eigenvalue weighted by Gasteiger charge is 2.31. The van der Waals surface area contributed by atoms with Crippen molar-refractivity contribution >= 4 is 5.69 Å². The summed E-state index contributed by atoms with van der Waals surface area (Å²) in [6.45, 7) is 8.53. The summed E-state index contributed by atoms with van der Waals surface area (Å²) in [7, 11) is 0. The number of aromatic nitrogens is 2. The van der Waals surface area contributed by atoms with E-state index < -0.39 is 5.82 Å². The van der Waals surface area contributed by atoms with Gasteiger partial charge < -0.3 is 15.0 Å². The van der Waals surface area contributed by atoms with Crippen LogP contribution in [-0.2, 0) is 4.74 Å². The summed E-state index contributed by atoms with van der Waals surface area (Å²) in [5, 5.41) is 3.96. The predicted molar refractivity (Wildman–Crippen MR) is 77.9 cm³/mol. The lowest BCUT2D eigenvalue weighted by molar-refractivity contribution is -0.0203. The van der Waals surface area contributed by atoms with Gasteiger partial charge in [-0.3, -0.25) is 0 Å². The molecule has 0 spiro atoms. The van der Waals surface area contributed by atoms with Crippen LogP contribution in [0.4, 0.5) is 10.1 Å². The minimum absolute atomic E-state index is 0.00332. The van der Waals surface area contributed by atoms with E-state index in [-0.39, 0.29) is 23.1 Å². The standard InChI is InChI=1S/C15H20FN3O2/c1-5-20-12(15(2,3)4)13-18-14(21-19-13)9-7-6-8-10(16)11(9)17/h6-8,12H,5,17H2,1-4H3. The zero-order valence-electron chi connectivity index (χ0n) is 12.7. The summed E-state index contributed by atoms with van der Waals surface area (Å²) in [5.74, 6) is 0.114. The zero-order chi connectivity index (χ0) is 15.6. The van der Waals surface area contributed by atoms with E-state index in [1.54, 1.807) is 12.1 Å². The molecule has 6 heteroatoms. The fraction of sp³-hybridized carbons (Fsp3) is 0.467. The minimum atomic E-state index is -0.510. The van der Waals surface area contributed by atoms with Crippen molar-refractivity contribution in [2.75, 3.05) is 12.3 Å². The maximum Gasteiger partial charge on any atom is 0.260 e. The Labute approximate surface area is 123 Å². The van der Waals surface area contributed by atoms with Crippen LogP contribution in [0.25, 0.3) is 11.5 Å². The van der Waals surface area contributed by atoms with Crippen molar-refractivity contribution in [1.82, 2.24) is 10.1 Å². The Bertz CT molecular complexity index is 620. The van der Waals surface area contributed by atoms with Gasteiger partial charge in [0.25, 0.3) is 5.89 Å². The van der Waals surface area contributed by atoms with Gasteiger partial charge in [0.2, 0.25) is 5.82 Å². The average molecular weight is 293 g/mol. The van der Waals surface area contributed by atoms with E-state index in [1.807, 2.05) is 27.7 Å². The highest BCUT2D eigenvalue weighted by atomic mass is 19.1. The third kappa shape index (κ3) is 3.21. The molecule has 0 aliphatic heterocycles. The number of para-hydroxylation sites is 1. The number of nitrogens with two attached hydrogens (primary N) is 1. The van der Waals surface area contributed by atoms with Gasteiger partial charge in [0.1, 0.15) is 11.9 Å². The van der Waals surface area contributed by atoms with Gasteiger partial charge in [0.15, 0.2) is 0 Å². The van der Waals surface area contributed by atoms with Gasteiger partial charge in [0, 0.05) is 6.61 Å². The second kappa shape index (κ2) is 5.81. The van der Waals surface area contributed by atoms with Crippen molar-refractivity contribution in [3.8, 4) is 11.5 Å². The smallest absolute Gasteiger partial charge is 0.260 e. The molecule has 0 bridgehead atoms. The maximum atomic E-state index is 13.5. The molecule has 5 nitrogen and oxygen atoms in total. The van der Waals surface area contributed by atoms with Crippen LogP contribution in [0.3, 0.4) is 0 Å². The Morgan fingerprint density at radius 2 is 2.10 bits per heavy atom. The molecule has 1 unspecified atom stereocenters. The molecule has 0 fully saturated rings. The lowest BCUT2D eigenvalue weighted by atomic mass is 9.88. The van der Waals surface area contributed by atoms with Crippen LogP contribution >= 0.6 is 0 Å². The topological polar surface area (TPSA) is 74.2 Å². The van der Waals surface area contributed by atoms with Crippen LogP contribution < -0.4 is 5.73 Å². The number of nitrogens with zero attached hydrogens (tertiary/aromatic N) is 2. The van der Waals surface area contributed by atoms with Gasteiger partial charge in [-0.05, 0) is 24.5 Å². The number of hydrogen-bond acceptors (Lipinski definition) is 5. The molecule has 1 heterocycles. The molecule has 1 aromatic carbocycles. The number of rotatable bonds is 4. The van der Waals surface area contributed by atoms with Crippen molar-refractivity contribution in [1.29, 1.82) is 0 Å². The lowest BCUT2D eigenvalue weighted by Crippen LogP contribution is -2.22. The molecule has 0 aliphatic rings. The Balaban J connectivity index is 2.39. The van der Waals surface area contributed by atoms with Crippen LogP contribution in [0.15, 0.2) is 22.7 Å². The Hall–Kier alpha value is -1.95. The van der Waals surface area contributed by atoms with Crippen molar-refractivity contribution in [3.05, 3.63) is 29.8 Å². The van der Waals surface area contributed by atoms with Crippen LogP contribution in [-0.4, -0.2) is 16.7 Å². The van der Waals surface area contributed by atoms with Crippen LogP contribution in [0, 0.1) is 11.2 Å². The van der Waals surface area contributed by atoms with E-state index in [4.69, 9.17) is 15.0 Å². The summed E-state index contributed by atoms with van der Waals surface area (Å²) in [5.41, 5.74) is 5.90. The van der Waals surface area contributed by atoms with E-state index in [0.717, 1.165) is 0 Å². The second-order valence-corrected chi connectivity index (χ2v) is 5.86. The molecule has 21 heavy (non-hydrogen) atoms. The van der Waals surface area contributed by atoms with Gasteiger partial charge in [0.05, 0.1) is 11.3 Å². The maximum absolute atomic E-state index is 13.5. The first-order valence-electron chi connectivity index (χ1n) is 6.84.